The maximum absolute atomic E-state index is 12.7. The van der Waals surface area contributed by atoms with Gasteiger partial charge in [-0.15, -0.1) is 0 Å². The molecule has 0 radical (unpaired) electrons. The summed E-state index contributed by atoms with van der Waals surface area (Å²) in [6.07, 6.45) is 0. The molecule has 0 aliphatic rings. The third-order valence-corrected chi connectivity index (χ3v) is 6.18. The predicted octanol–water partition coefficient (Wildman–Crippen LogP) is 3.69. The molecule has 6 heteroatoms. The molecule has 140 valence electrons. The van der Waals surface area contributed by atoms with Crippen molar-refractivity contribution in [3.8, 4) is 0 Å². The molecule has 0 bridgehead atoms. The van der Waals surface area contributed by atoms with Crippen molar-refractivity contribution in [3.63, 3.8) is 0 Å². The fourth-order valence-corrected chi connectivity index (χ4v) is 3.81. The minimum Gasteiger partial charge on any atom is -0.324 e. The van der Waals surface area contributed by atoms with Gasteiger partial charge in [0.1, 0.15) is 0 Å². The van der Waals surface area contributed by atoms with E-state index < -0.39 is 10.0 Å². The summed E-state index contributed by atoms with van der Waals surface area (Å²) in [7, 11) is -2.30. The average Bonchev–Trinajstić information content (AvgIpc) is 2.58. The smallest absolute Gasteiger partial charge is 0.243 e. The number of anilines is 1. The highest BCUT2D eigenvalue weighted by Crippen LogP contribution is 2.21. The summed E-state index contributed by atoms with van der Waals surface area (Å²) in [5.41, 5.74) is 3.67. The van der Waals surface area contributed by atoms with Crippen LogP contribution >= 0.6 is 0 Å². The van der Waals surface area contributed by atoms with Crippen LogP contribution < -0.4 is 5.32 Å². The van der Waals surface area contributed by atoms with Crippen molar-refractivity contribution in [2.75, 3.05) is 18.9 Å². The van der Waals surface area contributed by atoms with Gasteiger partial charge in [0.15, 0.2) is 0 Å². The maximum Gasteiger partial charge on any atom is 0.243 e. The van der Waals surface area contributed by atoms with Gasteiger partial charge < -0.3 is 5.32 Å². The lowest BCUT2D eigenvalue weighted by Crippen LogP contribution is -2.35. The summed E-state index contributed by atoms with van der Waals surface area (Å²) in [5.74, 6) is -0.0418. The molecule has 0 unspecified atom stereocenters. The number of para-hydroxylation sites is 1. The van der Waals surface area contributed by atoms with E-state index in [1.54, 1.807) is 12.1 Å². The van der Waals surface area contributed by atoms with Gasteiger partial charge in [0.25, 0.3) is 0 Å². The molecule has 1 amide bonds. The van der Waals surface area contributed by atoms with Crippen molar-refractivity contribution >= 4 is 21.6 Å². The first-order valence-electron chi connectivity index (χ1n) is 8.55. The van der Waals surface area contributed by atoms with Crippen LogP contribution in [-0.2, 0) is 14.8 Å². The van der Waals surface area contributed by atoms with E-state index in [4.69, 9.17) is 0 Å². The van der Waals surface area contributed by atoms with Gasteiger partial charge >= 0.3 is 0 Å². The lowest BCUT2D eigenvalue weighted by molar-refractivity contribution is -0.116. The van der Waals surface area contributed by atoms with Crippen LogP contribution in [0.15, 0.2) is 47.4 Å². The summed E-state index contributed by atoms with van der Waals surface area (Å²) in [6, 6.07) is 12.5. The van der Waals surface area contributed by atoms with Gasteiger partial charge in [0.05, 0.1) is 11.4 Å². The molecule has 2 aromatic carbocycles. The number of aryl methyl sites for hydroxylation is 2. The van der Waals surface area contributed by atoms with Crippen LogP contribution in [0.2, 0.25) is 0 Å². The number of nitrogens with zero attached hydrogens (tertiary/aromatic N) is 1. The molecule has 0 atom stereocenters. The molecular formula is C20H26N2O3S. The molecule has 1 N–H and O–H groups in total. The van der Waals surface area contributed by atoms with Crippen LogP contribution in [0.1, 0.15) is 36.5 Å². The topological polar surface area (TPSA) is 66.5 Å². The largest absolute Gasteiger partial charge is 0.324 e. The molecule has 5 nitrogen and oxygen atoms in total. The van der Waals surface area contributed by atoms with Gasteiger partial charge in [-0.05, 0) is 48.6 Å². The standard InChI is InChI=1S/C20H26N2O3S/c1-14(2)17-9-11-18(12-10-17)26(24,25)22(5)13-19(23)21-20-15(3)7-6-8-16(20)4/h6-12,14H,13H2,1-5H3,(H,21,23). The van der Waals surface area contributed by atoms with Crippen LogP contribution in [0.5, 0.6) is 0 Å². The second kappa shape index (κ2) is 8.01. The van der Waals surface area contributed by atoms with E-state index in [2.05, 4.69) is 5.32 Å². The minimum absolute atomic E-state index is 0.185. The first-order chi connectivity index (χ1) is 12.1. The molecule has 0 aliphatic carbocycles. The average molecular weight is 375 g/mol. The first-order valence-corrected chi connectivity index (χ1v) is 9.99. The van der Waals surface area contributed by atoms with Gasteiger partial charge in [-0.2, -0.15) is 4.31 Å². The van der Waals surface area contributed by atoms with Crippen molar-refractivity contribution in [2.45, 2.75) is 38.5 Å². The molecule has 0 heterocycles. The third kappa shape index (κ3) is 4.51. The first kappa shape index (κ1) is 20.1. The van der Waals surface area contributed by atoms with E-state index in [-0.39, 0.29) is 17.3 Å². The Morgan fingerprint density at radius 3 is 2.08 bits per heavy atom. The van der Waals surface area contributed by atoms with Crippen LogP contribution in [0.3, 0.4) is 0 Å². The molecule has 26 heavy (non-hydrogen) atoms. The Morgan fingerprint density at radius 2 is 1.58 bits per heavy atom. The van der Waals surface area contributed by atoms with Crippen molar-refractivity contribution in [3.05, 3.63) is 59.2 Å². The SMILES string of the molecule is Cc1cccc(C)c1NC(=O)CN(C)S(=O)(=O)c1ccc(C(C)C)cc1. The van der Waals surface area contributed by atoms with Crippen LogP contribution in [0.4, 0.5) is 5.69 Å². The van der Waals surface area contributed by atoms with Crippen LogP contribution in [0.25, 0.3) is 0 Å². The Hall–Kier alpha value is -2.18. The zero-order valence-corrected chi connectivity index (χ0v) is 16.7. The van der Waals surface area contributed by atoms with Gasteiger partial charge in [0.2, 0.25) is 15.9 Å². The summed E-state index contributed by atoms with van der Waals surface area (Å²) in [6.45, 7) is 7.65. The Morgan fingerprint density at radius 1 is 1.04 bits per heavy atom. The number of benzene rings is 2. The number of hydrogen-bond acceptors (Lipinski definition) is 3. The second-order valence-electron chi connectivity index (χ2n) is 6.80. The number of carbonyl (C=O) groups excluding carboxylic acids is 1. The number of nitrogens with one attached hydrogen (secondary N) is 1. The van der Waals surface area contributed by atoms with Crippen molar-refractivity contribution in [2.24, 2.45) is 0 Å². The molecule has 0 saturated heterocycles. The summed E-state index contributed by atoms with van der Waals surface area (Å²) >= 11 is 0. The number of sulfonamides is 1. The second-order valence-corrected chi connectivity index (χ2v) is 8.84. The monoisotopic (exact) mass is 374 g/mol. The summed E-state index contributed by atoms with van der Waals surface area (Å²) in [4.78, 5) is 12.5. The molecule has 2 aromatic rings. The lowest BCUT2D eigenvalue weighted by atomic mass is 10.0. The predicted molar refractivity (Wildman–Crippen MR) is 105 cm³/mol. The third-order valence-electron chi connectivity index (χ3n) is 4.37. The molecule has 0 fully saturated rings. The highest BCUT2D eigenvalue weighted by molar-refractivity contribution is 7.89. The number of hydrogen-bond donors (Lipinski definition) is 1. The van der Waals surface area contributed by atoms with Crippen molar-refractivity contribution in [1.29, 1.82) is 0 Å². The van der Waals surface area contributed by atoms with Gasteiger partial charge in [0, 0.05) is 12.7 Å². The van der Waals surface area contributed by atoms with E-state index in [1.165, 1.54) is 7.05 Å². The fourth-order valence-electron chi connectivity index (χ4n) is 2.68. The molecular weight excluding hydrogens is 348 g/mol. The summed E-state index contributed by atoms with van der Waals surface area (Å²) < 4.78 is 26.4. The highest BCUT2D eigenvalue weighted by Gasteiger charge is 2.23. The van der Waals surface area contributed by atoms with Crippen molar-refractivity contribution < 1.29 is 13.2 Å². The normalized spacial score (nSPS) is 11.8. The van der Waals surface area contributed by atoms with Gasteiger partial charge in [-0.25, -0.2) is 8.42 Å². The van der Waals surface area contributed by atoms with Crippen LogP contribution in [-0.4, -0.2) is 32.2 Å². The summed E-state index contributed by atoms with van der Waals surface area (Å²) in [5, 5.41) is 2.81. The van der Waals surface area contributed by atoms with E-state index in [0.717, 1.165) is 26.7 Å². The molecule has 2 rings (SSSR count). The maximum atomic E-state index is 12.7. The van der Waals surface area contributed by atoms with Crippen molar-refractivity contribution in [1.82, 2.24) is 4.31 Å². The van der Waals surface area contributed by atoms with Gasteiger partial charge in [-0.1, -0.05) is 44.2 Å². The Kier molecular flexibility index (Phi) is 6.21. The zero-order chi connectivity index (χ0) is 19.5. The van der Waals surface area contributed by atoms with Gasteiger partial charge in [-0.3, -0.25) is 4.79 Å². The Bertz CT molecular complexity index is 868. The quantitative estimate of drug-likeness (QED) is 0.839. The minimum atomic E-state index is -3.72. The van der Waals surface area contributed by atoms with E-state index >= 15 is 0 Å². The Labute approximate surface area is 156 Å². The Balaban J connectivity index is 2.12. The number of likely N-dealkylation sites (N-methyl/N-ethyl adjacent to an activating group) is 1. The molecule has 0 aliphatic heterocycles. The number of amides is 1. The number of carbonyl (C=O) groups is 1. The lowest BCUT2D eigenvalue weighted by Gasteiger charge is -2.18. The fraction of sp³-hybridized carbons (Fsp3) is 0.350. The molecule has 0 aromatic heterocycles. The molecule has 0 saturated carbocycles. The van der Waals surface area contributed by atoms with E-state index in [1.807, 2.05) is 58.0 Å². The zero-order valence-electron chi connectivity index (χ0n) is 15.9. The number of rotatable bonds is 6. The van der Waals surface area contributed by atoms with E-state index in [0.29, 0.717) is 5.92 Å². The van der Waals surface area contributed by atoms with E-state index in [9.17, 15) is 13.2 Å². The highest BCUT2D eigenvalue weighted by atomic mass is 32.2. The van der Waals surface area contributed by atoms with Crippen LogP contribution in [0, 0.1) is 13.8 Å². The molecule has 0 spiro atoms.